The quantitative estimate of drug-likeness (QED) is 0.536. The lowest BCUT2D eigenvalue weighted by atomic mass is 10.2. The minimum absolute atomic E-state index is 0.000128. The van der Waals surface area contributed by atoms with E-state index in [9.17, 15) is 14.7 Å². The molecule has 1 aromatic rings. The van der Waals surface area contributed by atoms with Crippen LogP contribution in [0.1, 0.15) is 18.2 Å². The molecule has 0 amide bonds. The molecule has 2 rings (SSSR count). The van der Waals surface area contributed by atoms with Crippen molar-refractivity contribution >= 4 is 0 Å². The van der Waals surface area contributed by atoms with Gasteiger partial charge in [0.05, 0.1) is 12.7 Å². The molecule has 7 nitrogen and oxygen atoms in total. The lowest BCUT2D eigenvalue weighted by Crippen LogP contribution is -2.33. The van der Waals surface area contributed by atoms with Gasteiger partial charge >= 0.3 is 5.69 Å². The van der Waals surface area contributed by atoms with E-state index in [0.717, 1.165) is 4.57 Å². The highest BCUT2D eigenvalue weighted by Gasteiger charge is 2.35. The minimum atomic E-state index is -0.867. The fourth-order valence-corrected chi connectivity index (χ4v) is 1.85. The molecule has 1 aromatic heterocycles. The average Bonchev–Trinajstić information content (AvgIpc) is 2.70. The Kier molecular flexibility index (Phi) is 3.34. The first-order valence-corrected chi connectivity index (χ1v) is 5.33. The van der Waals surface area contributed by atoms with Crippen LogP contribution >= 0.6 is 0 Å². The fraction of sp³-hybridized carbons (Fsp3) is 0.455. The first-order chi connectivity index (χ1) is 8.56. The Balaban J connectivity index is 2.39. The Morgan fingerprint density at radius 1 is 1.61 bits per heavy atom. The van der Waals surface area contributed by atoms with Crippen LogP contribution in [-0.4, -0.2) is 38.6 Å². The number of terminal acetylenes is 1. The van der Waals surface area contributed by atoms with E-state index in [-0.39, 0.29) is 18.6 Å². The van der Waals surface area contributed by atoms with Crippen molar-refractivity contribution < 1.29 is 14.9 Å². The second-order valence-corrected chi connectivity index (χ2v) is 3.97. The summed E-state index contributed by atoms with van der Waals surface area (Å²) < 4.78 is 6.41. The molecule has 0 saturated carbocycles. The summed E-state index contributed by atoms with van der Waals surface area (Å²) in [7, 11) is 0. The van der Waals surface area contributed by atoms with E-state index < -0.39 is 29.7 Å². The molecule has 1 saturated heterocycles. The Morgan fingerprint density at radius 3 is 2.89 bits per heavy atom. The van der Waals surface area contributed by atoms with Gasteiger partial charge in [0.15, 0.2) is 0 Å². The number of H-pyrrole nitrogens is 1. The summed E-state index contributed by atoms with van der Waals surface area (Å²) in [6.07, 6.45) is 4.11. The number of hydrogen-bond acceptors (Lipinski definition) is 5. The van der Waals surface area contributed by atoms with Crippen molar-refractivity contribution in [1.82, 2.24) is 9.55 Å². The highest BCUT2D eigenvalue weighted by molar-refractivity contribution is 5.26. The molecule has 96 valence electrons. The summed E-state index contributed by atoms with van der Waals surface area (Å²) in [6.45, 7) is -0.349. The third-order valence-electron chi connectivity index (χ3n) is 2.82. The van der Waals surface area contributed by atoms with Gasteiger partial charge in [0.25, 0.3) is 5.56 Å². The third kappa shape index (κ3) is 2.09. The molecule has 7 heteroatoms. The number of ether oxygens (including phenoxy) is 1. The van der Waals surface area contributed by atoms with E-state index in [1.165, 1.54) is 6.20 Å². The van der Waals surface area contributed by atoms with E-state index in [1.54, 1.807) is 0 Å². The summed E-state index contributed by atoms with van der Waals surface area (Å²) in [5.74, 6) is 2.15. The van der Waals surface area contributed by atoms with Crippen LogP contribution in [0.5, 0.6) is 0 Å². The molecule has 0 spiro atoms. The standard InChI is InChI=1S/C11H12N2O5/c1-2-6-4-13(11(17)12-10(6)16)9-3-7(15)8(5-14)18-9/h1,4,7-9,14-15H,3,5H2,(H,12,16,17)/t7-,8-,9-/m0/s1. The second-order valence-electron chi connectivity index (χ2n) is 3.97. The maximum absolute atomic E-state index is 11.6. The van der Waals surface area contributed by atoms with E-state index >= 15 is 0 Å². The predicted molar refractivity (Wildman–Crippen MR) is 60.9 cm³/mol. The van der Waals surface area contributed by atoms with Crippen molar-refractivity contribution in [2.75, 3.05) is 6.61 Å². The first-order valence-electron chi connectivity index (χ1n) is 5.33. The fourth-order valence-electron chi connectivity index (χ4n) is 1.85. The van der Waals surface area contributed by atoms with Gasteiger partial charge in [0, 0.05) is 12.6 Å². The number of aliphatic hydroxyl groups is 2. The molecule has 0 bridgehead atoms. The highest BCUT2D eigenvalue weighted by atomic mass is 16.5. The molecule has 0 aromatic carbocycles. The van der Waals surface area contributed by atoms with E-state index in [1.807, 2.05) is 0 Å². The molecule has 0 unspecified atom stereocenters. The summed E-state index contributed by atoms with van der Waals surface area (Å²) >= 11 is 0. The topological polar surface area (TPSA) is 105 Å². The van der Waals surface area contributed by atoms with Gasteiger partial charge in [0.1, 0.15) is 17.9 Å². The van der Waals surface area contributed by atoms with Crippen molar-refractivity contribution in [2.24, 2.45) is 0 Å². The van der Waals surface area contributed by atoms with Gasteiger partial charge in [0.2, 0.25) is 0 Å². The molecular weight excluding hydrogens is 240 g/mol. The molecule has 3 atom stereocenters. The van der Waals surface area contributed by atoms with Crippen molar-refractivity contribution in [2.45, 2.75) is 24.9 Å². The van der Waals surface area contributed by atoms with Crippen LogP contribution in [0.15, 0.2) is 15.8 Å². The van der Waals surface area contributed by atoms with Crippen LogP contribution in [0.25, 0.3) is 0 Å². The molecule has 0 radical (unpaired) electrons. The number of aliphatic hydroxyl groups excluding tert-OH is 2. The summed E-state index contributed by atoms with van der Waals surface area (Å²) in [4.78, 5) is 25.0. The zero-order valence-corrected chi connectivity index (χ0v) is 9.37. The monoisotopic (exact) mass is 252 g/mol. The molecular formula is C11H12N2O5. The van der Waals surface area contributed by atoms with Crippen LogP contribution in [0.4, 0.5) is 0 Å². The van der Waals surface area contributed by atoms with Crippen LogP contribution in [-0.2, 0) is 4.74 Å². The summed E-state index contributed by atoms with van der Waals surface area (Å²) in [5, 5.41) is 18.5. The Hall–Kier alpha value is -1.88. The molecule has 0 aliphatic carbocycles. The largest absolute Gasteiger partial charge is 0.394 e. The van der Waals surface area contributed by atoms with Crippen LogP contribution in [0.3, 0.4) is 0 Å². The van der Waals surface area contributed by atoms with Crippen LogP contribution < -0.4 is 11.2 Å². The first kappa shape index (κ1) is 12.6. The van der Waals surface area contributed by atoms with Gasteiger partial charge in [-0.1, -0.05) is 5.92 Å². The van der Waals surface area contributed by atoms with E-state index in [4.69, 9.17) is 16.3 Å². The second kappa shape index (κ2) is 4.78. The van der Waals surface area contributed by atoms with Gasteiger partial charge in [-0.15, -0.1) is 6.42 Å². The van der Waals surface area contributed by atoms with Gasteiger partial charge in [-0.2, -0.15) is 0 Å². The number of rotatable bonds is 2. The smallest absolute Gasteiger partial charge is 0.330 e. The third-order valence-corrected chi connectivity index (χ3v) is 2.82. The maximum atomic E-state index is 11.6. The Morgan fingerprint density at radius 2 is 2.33 bits per heavy atom. The van der Waals surface area contributed by atoms with Gasteiger partial charge < -0.3 is 14.9 Å². The van der Waals surface area contributed by atoms with Crippen molar-refractivity contribution in [3.05, 3.63) is 32.6 Å². The van der Waals surface area contributed by atoms with Crippen molar-refractivity contribution in [3.8, 4) is 12.3 Å². The number of aromatic nitrogens is 2. The molecule has 1 aliphatic rings. The molecule has 18 heavy (non-hydrogen) atoms. The maximum Gasteiger partial charge on any atom is 0.330 e. The SMILES string of the molecule is C#Cc1cn([C@@H]2C[C@H](O)[C@H](CO)O2)c(=O)[nH]c1=O. The highest BCUT2D eigenvalue weighted by Crippen LogP contribution is 2.27. The number of nitrogens with zero attached hydrogens (tertiary/aromatic N) is 1. The number of hydrogen-bond donors (Lipinski definition) is 3. The van der Waals surface area contributed by atoms with Crippen LogP contribution in [0.2, 0.25) is 0 Å². The Labute approximate surface area is 102 Å². The van der Waals surface area contributed by atoms with E-state index in [2.05, 4.69) is 10.9 Å². The zero-order valence-electron chi connectivity index (χ0n) is 9.37. The molecule has 1 aliphatic heterocycles. The average molecular weight is 252 g/mol. The van der Waals surface area contributed by atoms with Crippen LogP contribution in [0, 0.1) is 12.3 Å². The molecule has 1 fully saturated rings. The predicted octanol–water partition coefficient (Wildman–Crippen LogP) is -1.84. The number of nitrogens with one attached hydrogen (secondary N) is 1. The molecule has 2 heterocycles. The lowest BCUT2D eigenvalue weighted by molar-refractivity contribution is -0.0459. The van der Waals surface area contributed by atoms with E-state index in [0.29, 0.717) is 0 Å². The molecule has 3 N–H and O–H groups in total. The van der Waals surface area contributed by atoms with Gasteiger partial charge in [-0.25, -0.2) is 4.79 Å². The zero-order chi connectivity index (χ0) is 13.3. The van der Waals surface area contributed by atoms with Crippen molar-refractivity contribution in [3.63, 3.8) is 0 Å². The minimum Gasteiger partial charge on any atom is -0.394 e. The number of aromatic amines is 1. The Bertz CT molecular complexity index is 597. The summed E-state index contributed by atoms with van der Waals surface area (Å²) in [6, 6.07) is 0. The lowest BCUT2D eigenvalue weighted by Gasteiger charge is -2.14. The normalized spacial score (nSPS) is 27.1. The van der Waals surface area contributed by atoms with Gasteiger partial charge in [-0.05, 0) is 0 Å². The van der Waals surface area contributed by atoms with Gasteiger partial charge in [-0.3, -0.25) is 14.3 Å². The van der Waals surface area contributed by atoms with Crippen molar-refractivity contribution in [1.29, 1.82) is 0 Å². The summed E-state index contributed by atoms with van der Waals surface area (Å²) in [5.41, 5.74) is -1.31.